The van der Waals surface area contributed by atoms with E-state index in [9.17, 15) is 0 Å². The van der Waals surface area contributed by atoms with Crippen molar-refractivity contribution in [1.29, 1.82) is 0 Å². The minimum absolute atomic E-state index is 0.353. The van der Waals surface area contributed by atoms with Gasteiger partial charge in [0, 0.05) is 11.6 Å². The lowest BCUT2D eigenvalue weighted by Gasteiger charge is -2.11. The molecule has 0 aliphatic rings. The van der Waals surface area contributed by atoms with Crippen molar-refractivity contribution in [2.45, 2.75) is 39.5 Å². The van der Waals surface area contributed by atoms with Crippen LogP contribution in [0.5, 0.6) is 0 Å². The van der Waals surface area contributed by atoms with Gasteiger partial charge in [-0.15, -0.1) is 0 Å². The zero-order valence-electron chi connectivity index (χ0n) is 10.2. The number of pyridine rings is 1. The fourth-order valence-electron chi connectivity index (χ4n) is 1.84. The Morgan fingerprint density at radius 2 is 1.56 bits per heavy atom. The van der Waals surface area contributed by atoms with Crippen LogP contribution in [0, 0.1) is 0 Å². The minimum Gasteiger partial charge on any atom is -0.254 e. The average Bonchev–Trinajstić information content (AvgIpc) is 2.27. The Morgan fingerprint density at radius 1 is 0.938 bits per heavy atom. The summed E-state index contributed by atoms with van der Waals surface area (Å²) in [7, 11) is 0. The van der Waals surface area contributed by atoms with Crippen molar-refractivity contribution in [2.75, 3.05) is 0 Å². The van der Waals surface area contributed by atoms with Gasteiger partial charge in [0.15, 0.2) is 0 Å². The second-order valence-electron chi connectivity index (χ2n) is 4.68. The lowest BCUT2D eigenvalue weighted by molar-refractivity contribution is 0.747. The largest absolute Gasteiger partial charge is 0.254 e. The van der Waals surface area contributed by atoms with Gasteiger partial charge < -0.3 is 0 Å². The fourth-order valence-corrected chi connectivity index (χ4v) is 1.84. The van der Waals surface area contributed by atoms with Crippen LogP contribution in [0.2, 0.25) is 0 Å². The molecule has 0 fully saturated rings. The molecule has 0 radical (unpaired) electrons. The predicted octanol–water partition coefficient (Wildman–Crippen LogP) is 3.27. The number of hydrogen-bond donors (Lipinski definition) is 0. The van der Waals surface area contributed by atoms with Crippen LogP contribution in [0.15, 0.2) is 18.3 Å². The Bertz CT molecular complexity index is 457. The third kappa shape index (κ3) is 1.77. The molecule has 3 nitrogen and oxygen atoms in total. The molecule has 0 aliphatic heterocycles. The maximum atomic E-state index is 4.44. The van der Waals surface area contributed by atoms with Gasteiger partial charge in [-0.3, -0.25) is 4.98 Å². The molecule has 84 valence electrons. The predicted molar refractivity (Wildman–Crippen MR) is 65.5 cm³/mol. The number of fused-ring (bicyclic) bond motifs is 1. The topological polar surface area (TPSA) is 38.7 Å². The van der Waals surface area contributed by atoms with Gasteiger partial charge in [0.1, 0.15) is 0 Å². The van der Waals surface area contributed by atoms with E-state index in [4.69, 9.17) is 0 Å². The van der Waals surface area contributed by atoms with E-state index in [-0.39, 0.29) is 0 Å². The monoisotopic (exact) mass is 215 g/mol. The van der Waals surface area contributed by atoms with E-state index >= 15 is 0 Å². The number of rotatable bonds is 2. The quantitative estimate of drug-likeness (QED) is 0.771. The third-order valence-corrected chi connectivity index (χ3v) is 2.69. The zero-order chi connectivity index (χ0) is 11.7. The molecule has 0 unspecified atom stereocenters. The first-order valence-corrected chi connectivity index (χ1v) is 5.72. The van der Waals surface area contributed by atoms with Crippen molar-refractivity contribution in [3.63, 3.8) is 0 Å². The van der Waals surface area contributed by atoms with Gasteiger partial charge in [0.25, 0.3) is 0 Å². The molecular formula is C13H17N3. The van der Waals surface area contributed by atoms with Crippen molar-refractivity contribution < 1.29 is 0 Å². The molecule has 0 spiro atoms. The minimum atomic E-state index is 0.353. The molecular weight excluding hydrogens is 198 g/mol. The molecule has 16 heavy (non-hydrogen) atoms. The molecule has 3 heteroatoms. The van der Waals surface area contributed by atoms with Crippen molar-refractivity contribution in [3.8, 4) is 0 Å². The Morgan fingerprint density at radius 3 is 2.19 bits per heavy atom. The highest BCUT2D eigenvalue weighted by Gasteiger charge is 2.14. The van der Waals surface area contributed by atoms with Gasteiger partial charge in [-0.05, 0) is 24.0 Å². The van der Waals surface area contributed by atoms with E-state index in [0.717, 1.165) is 22.3 Å². The molecule has 0 aliphatic carbocycles. The molecule has 2 aromatic rings. The molecule has 0 saturated heterocycles. The SMILES string of the molecule is CC(C)c1nnc(C(C)C)c2ncccc12. The molecule has 0 saturated carbocycles. The maximum Gasteiger partial charge on any atom is 0.0957 e. The fraction of sp³-hybridized carbons (Fsp3) is 0.462. The molecule has 0 atom stereocenters. The summed E-state index contributed by atoms with van der Waals surface area (Å²) >= 11 is 0. The average molecular weight is 215 g/mol. The summed E-state index contributed by atoms with van der Waals surface area (Å²) in [5, 5.41) is 9.79. The summed E-state index contributed by atoms with van der Waals surface area (Å²) in [5.41, 5.74) is 3.02. The Hall–Kier alpha value is -1.51. The van der Waals surface area contributed by atoms with Gasteiger partial charge in [0.2, 0.25) is 0 Å². The highest BCUT2D eigenvalue weighted by Crippen LogP contribution is 2.26. The van der Waals surface area contributed by atoms with E-state index in [1.165, 1.54) is 0 Å². The second kappa shape index (κ2) is 4.16. The summed E-state index contributed by atoms with van der Waals surface area (Å²) in [6.07, 6.45) is 1.82. The van der Waals surface area contributed by atoms with Crippen LogP contribution in [0.3, 0.4) is 0 Å². The van der Waals surface area contributed by atoms with Gasteiger partial charge in [0.05, 0.1) is 16.9 Å². The smallest absolute Gasteiger partial charge is 0.0957 e. The molecule has 2 rings (SSSR count). The summed E-state index contributed by atoms with van der Waals surface area (Å²) in [6.45, 7) is 8.50. The van der Waals surface area contributed by atoms with Crippen molar-refractivity contribution in [1.82, 2.24) is 15.2 Å². The Kier molecular flexibility index (Phi) is 2.86. The molecule has 0 amide bonds. The van der Waals surface area contributed by atoms with Gasteiger partial charge in [-0.25, -0.2) is 0 Å². The maximum absolute atomic E-state index is 4.44. The first kappa shape index (κ1) is 11.0. The third-order valence-electron chi connectivity index (χ3n) is 2.69. The lowest BCUT2D eigenvalue weighted by Crippen LogP contribution is -2.04. The van der Waals surface area contributed by atoms with E-state index in [1.807, 2.05) is 12.3 Å². The second-order valence-corrected chi connectivity index (χ2v) is 4.68. The number of nitrogens with zero attached hydrogens (tertiary/aromatic N) is 3. The highest BCUT2D eigenvalue weighted by atomic mass is 15.1. The van der Waals surface area contributed by atoms with Crippen LogP contribution in [-0.2, 0) is 0 Å². The van der Waals surface area contributed by atoms with E-state index in [2.05, 4.69) is 48.9 Å². The van der Waals surface area contributed by atoms with Crippen molar-refractivity contribution in [2.24, 2.45) is 0 Å². The summed E-state index contributed by atoms with van der Waals surface area (Å²) in [5.74, 6) is 0.728. The van der Waals surface area contributed by atoms with Gasteiger partial charge in [-0.2, -0.15) is 10.2 Å². The first-order chi connectivity index (χ1) is 7.61. The number of aromatic nitrogens is 3. The van der Waals surface area contributed by atoms with Crippen LogP contribution >= 0.6 is 0 Å². The van der Waals surface area contributed by atoms with Crippen LogP contribution in [-0.4, -0.2) is 15.2 Å². The highest BCUT2D eigenvalue weighted by molar-refractivity contribution is 5.83. The normalized spacial score (nSPS) is 11.6. The molecule has 2 heterocycles. The Labute approximate surface area is 95.9 Å². The van der Waals surface area contributed by atoms with E-state index in [0.29, 0.717) is 11.8 Å². The number of hydrogen-bond acceptors (Lipinski definition) is 3. The lowest BCUT2D eigenvalue weighted by atomic mass is 10.0. The van der Waals surface area contributed by atoms with Crippen LogP contribution in [0.25, 0.3) is 10.9 Å². The van der Waals surface area contributed by atoms with Crippen LogP contribution < -0.4 is 0 Å². The molecule has 0 aromatic carbocycles. The molecule has 0 N–H and O–H groups in total. The van der Waals surface area contributed by atoms with E-state index in [1.54, 1.807) is 0 Å². The van der Waals surface area contributed by atoms with Crippen molar-refractivity contribution in [3.05, 3.63) is 29.7 Å². The van der Waals surface area contributed by atoms with Crippen LogP contribution in [0.1, 0.15) is 50.9 Å². The summed E-state index contributed by atoms with van der Waals surface area (Å²) in [4.78, 5) is 4.44. The van der Waals surface area contributed by atoms with Gasteiger partial charge >= 0.3 is 0 Å². The van der Waals surface area contributed by atoms with Crippen molar-refractivity contribution >= 4 is 10.9 Å². The summed E-state index contributed by atoms with van der Waals surface area (Å²) < 4.78 is 0. The molecule has 2 aromatic heterocycles. The standard InChI is InChI=1S/C13H17N3/c1-8(2)11-10-6-5-7-14-13(10)12(9(3)4)16-15-11/h5-9H,1-4H3. The first-order valence-electron chi connectivity index (χ1n) is 5.72. The van der Waals surface area contributed by atoms with Gasteiger partial charge in [-0.1, -0.05) is 27.7 Å². The zero-order valence-corrected chi connectivity index (χ0v) is 10.2. The molecule has 0 bridgehead atoms. The summed E-state index contributed by atoms with van der Waals surface area (Å²) in [6, 6.07) is 4.04. The van der Waals surface area contributed by atoms with Crippen LogP contribution in [0.4, 0.5) is 0 Å². The van der Waals surface area contributed by atoms with E-state index < -0.39 is 0 Å². The Balaban J connectivity index is 2.77.